The lowest BCUT2D eigenvalue weighted by atomic mass is 9.95. The maximum atomic E-state index is 8.72. The van der Waals surface area contributed by atoms with Crippen LogP contribution in [0.2, 0.25) is 0 Å². The molecule has 0 aliphatic carbocycles. The van der Waals surface area contributed by atoms with E-state index in [-0.39, 0.29) is 11.1 Å². The van der Waals surface area contributed by atoms with Crippen molar-refractivity contribution in [2.24, 2.45) is 0 Å². The quantitative estimate of drug-likeness (QED) is 0.134. The van der Waals surface area contributed by atoms with Gasteiger partial charge in [-0.1, -0.05) is 125 Å². The largest absolute Gasteiger partial charge is 0.457 e. The molecule has 0 aliphatic rings. The third kappa shape index (κ3) is 7.55. The number of para-hydroxylation sites is 4. The number of pyridine rings is 1. The number of hydrogen-bond donors (Lipinski definition) is 2. The van der Waals surface area contributed by atoms with Gasteiger partial charge in [-0.2, -0.15) is 0 Å². The van der Waals surface area contributed by atoms with Crippen molar-refractivity contribution in [3.05, 3.63) is 210 Å². The fraction of sp³-hybridized carbons (Fsp3) is 0.0364. The second kappa shape index (κ2) is 16.4. The first kappa shape index (κ1) is 32.2. The number of anilines is 3. The molecule has 0 atom stereocenters. The number of ether oxygens (including phenoxy) is 2. The van der Waals surface area contributed by atoms with Crippen LogP contribution < -0.4 is 20.5 Å². The molecule has 0 unspecified atom stereocenters. The first-order valence-electron chi connectivity index (χ1n) is 23.0. The highest BCUT2D eigenvalue weighted by Crippen LogP contribution is 2.44. The number of benzene rings is 8. The number of hydrogen-bond acceptors (Lipinski definition) is 5. The Balaban J connectivity index is 1.02. The average molecular weight is 876 g/mol. The summed E-state index contributed by atoms with van der Waals surface area (Å²) in [5.41, 5.74) is 15.1. The van der Waals surface area contributed by atoms with Gasteiger partial charge >= 0.3 is 0 Å². The number of nitrogens with two attached hydrogens (primary N) is 1. The summed E-state index contributed by atoms with van der Waals surface area (Å²) >= 11 is 3.50. The van der Waals surface area contributed by atoms with Crippen molar-refractivity contribution in [3.63, 3.8) is 0 Å². The Bertz CT molecular complexity index is 3500. The summed E-state index contributed by atoms with van der Waals surface area (Å²) in [5, 5.41) is 5.06. The fourth-order valence-electron chi connectivity index (χ4n) is 7.90. The van der Waals surface area contributed by atoms with Crippen LogP contribution in [0.25, 0.3) is 61.0 Å². The topological polar surface area (TPSA) is 74.3 Å². The van der Waals surface area contributed by atoms with Crippen molar-refractivity contribution in [1.29, 1.82) is 0 Å². The monoisotopic (exact) mass is 874 g/mol. The van der Waals surface area contributed by atoms with Gasteiger partial charge in [0.2, 0.25) is 0 Å². The van der Waals surface area contributed by atoms with Crippen LogP contribution in [0, 0.1) is 13.7 Å². The summed E-state index contributed by atoms with van der Waals surface area (Å²) in [6, 6.07) is 58.7. The number of halogens is 1. The summed E-state index contributed by atoms with van der Waals surface area (Å²) in [6.07, 6.45) is 1.58. The Labute approximate surface area is 377 Å². The van der Waals surface area contributed by atoms with Gasteiger partial charge in [0.1, 0.15) is 28.8 Å². The Morgan fingerprint density at radius 3 is 2.15 bits per heavy atom. The number of nitrogens with one attached hydrogen (secondary N) is 1. The summed E-state index contributed by atoms with van der Waals surface area (Å²) in [7, 11) is 0. The zero-order valence-electron chi connectivity index (χ0n) is 39.1. The molecule has 10 aromatic rings. The normalized spacial score (nSPS) is 13.0. The lowest BCUT2D eigenvalue weighted by molar-refractivity contribution is 0.483. The van der Waals surface area contributed by atoms with Gasteiger partial charge in [-0.05, 0) is 109 Å². The molecule has 3 N–H and O–H groups in total. The van der Waals surface area contributed by atoms with E-state index in [0.717, 1.165) is 43.5 Å². The third-order valence-electron chi connectivity index (χ3n) is 10.8. The molecule has 0 spiro atoms. The molecule has 8 aromatic carbocycles. The molecule has 7 heteroatoms. The maximum Gasteiger partial charge on any atom is 0.137 e. The Morgan fingerprint density at radius 2 is 1.31 bits per heavy atom. The molecule has 0 amide bonds. The molecule has 0 bridgehead atoms. The molecule has 0 aliphatic heterocycles. The van der Waals surface area contributed by atoms with E-state index in [9.17, 15) is 0 Å². The lowest BCUT2D eigenvalue weighted by Gasteiger charge is -2.20. The number of nitrogen functional groups attached to an aromatic ring is 1. The molecule has 0 radical (unpaired) electrons. The van der Waals surface area contributed by atoms with Gasteiger partial charge in [0.05, 0.1) is 28.1 Å². The maximum absolute atomic E-state index is 8.72. The molecule has 0 saturated heterocycles. The van der Waals surface area contributed by atoms with E-state index in [2.05, 4.69) is 45.5 Å². The van der Waals surface area contributed by atoms with Gasteiger partial charge in [-0.3, -0.25) is 4.57 Å². The molecule has 62 heavy (non-hydrogen) atoms. The Hall–Kier alpha value is -7.61. The number of aromatic nitrogens is 2. The summed E-state index contributed by atoms with van der Waals surface area (Å²) in [5.74, 6) is 2.65. The van der Waals surface area contributed by atoms with Crippen LogP contribution in [0.5, 0.6) is 23.0 Å². The molecule has 0 saturated carbocycles. The first-order valence-corrected chi connectivity index (χ1v) is 20.8. The number of nitrogens with zero attached hydrogens (tertiary/aromatic N) is 2. The van der Waals surface area contributed by atoms with E-state index >= 15 is 0 Å². The molecule has 300 valence electrons. The van der Waals surface area contributed by atoms with Gasteiger partial charge in [0.15, 0.2) is 0 Å². The zero-order chi connectivity index (χ0) is 47.2. The molecular formula is C55H41BrN4O2. The zero-order valence-corrected chi connectivity index (χ0v) is 34.7. The second-order valence-electron chi connectivity index (χ2n) is 14.8. The predicted molar refractivity (Wildman–Crippen MR) is 259 cm³/mol. The molecule has 6 nitrogen and oxygen atoms in total. The van der Waals surface area contributed by atoms with E-state index < -0.39 is 13.7 Å². The van der Waals surface area contributed by atoms with Crippen LogP contribution in [-0.4, -0.2) is 9.55 Å². The van der Waals surface area contributed by atoms with Gasteiger partial charge in [-0.25, -0.2) is 4.98 Å². The van der Waals surface area contributed by atoms with Crippen molar-refractivity contribution in [2.45, 2.75) is 13.7 Å². The minimum atomic E-state index is -2.53. The minimum Gasteiger partial charge on any atom is -0.457 e. The van der Waals surface area contributed by atoms with Crippen LogP contribution >= 0.6 is 15.9 Å². The van der Waals surface area contributed by atoms with Crippen LogP contribution in [0.1, 0.15) is 19.4 Å². The molecular weight excluding hydrogens is 829 g/mol. The second-order valence-corrected chi connectivity index (χ2v) is 15.7. The average Bonchev–Trinajstić information content (AvgIpc) is 3.65. The summed E-state index contributed by atoms with van der Waals surface area (Å²) in [4.78, 5) is 4.89. The van der Waals surface area contributed by atoms with Gasteiger partial charge in [0, 0.05) is 58.0 Å². The molecule has 2 heterocycles. The van der Waals surface area contributed by atoms with Crippen molar-refractivity contribution in [1.82, 2.24) is 9.55 Å². The van der Waals surface area contributed by atoms with Gasteiger partial charge in [-0.15, -0.1) is 0 Å². The highest BCUT2D eigenvalue weighted by molar-refractivity contribution is 9.10. The fourth-order valence-corrected chi connectivity index (χ4v) is 8.28. The van der Waals surface area contributed by atoms with Crippen molar-refractivity contribution >= 4 is 54.8 Å². The predicted octanol–water partition coefficient (Wildman–Crippen LogP) is 15.5. The van der Waals surface area contributed by atoms with Crippen LogP contribution in [0.15, 0.2) is 199 Å². The summed E-state index contributed by atoms with van der Waals surface area (Å²) in [6.45, 7) is -4.87. The van der Waals surface area contributed by atoms with Crippen LogP contribution in [0.3, 0.4) is 0 Å². The smallest absolute Gasteiger partial charge is 0.137 e. The third-order valence-corrected chi connectivity index (χ3v) is 11.3. The van der Waals surface area contributed by atoms with E-state index in [4.69, 9.17) is 28.4 Å². The van der Waals surface area contributed by atoms with E-state index in [1.807, 2.05) is 144 Å². The highest BCUT2D eigenvalue weighted by atomic mass is 79.9. The van der Waals surface area contributed by atoms with E-state index in [1.165, 1.54) is 0 Å². The van der Waals surface area contributed by atoms with Crippen LogP contribution in [0.4, 0.5) is 17.1 Å². The standard InChI is InChI=1S/C55H41BrN4O2/c1-35-22-29-51-47(30-35)44-28-27-42(61-41-15-10-14-39(56)32-41)33-52(44)60(51)54-31-36(2)48(34-58-54)38-23-25-40(26-24-38)62-53-21-9-6-16-45(53)46-18-11-17-43(37-12-4-3-5-13-37)55(46)59-50-20-8-7-19-49(50)57/h3-34,59H,57H2,1-2H3/i1D3,2D3. The highest BCUT2D eigenvalue weighted by Gasteiger charge is 2.19. The number of rotatable bonds is 10. The Kier molecular flexibility index (Phi) is 8.54. The number of fused-ring (bicyclic) bond motifs is 3. The molecule has 0 fully saturated rings. The molecule has 10 rings (SSSR count). The van der Waals surface area contributed by atoms with Crippen molar-refractivity contribution < 1.29 is 17.7 Å². The van der Waals surface area contributed by atoms with E-state index in [0.29, 0.717) is 62.0 Å². The van der Waals surface area contributed by atoms with Crippen molar-refractivity contribution in [2.75, 3.05) is 11.1 Å². The number of aryl methyl sites for hydroxylation is 2. The minimum absolute atomic E-state index is 0.0922. The lowest BCUT2D eigenvalue weighted by Crippen LogP contribution is -2.00. The SMILES string of the molecule is [2H]C([2H])([2H])c1ccc2c(c1)c1ccc(Oc3cccc(Br)c3)cc1n2-c1cc(C([2H])([2H])[2H])c(-c2ccc(Oc3ccccc3-c3cccc(-c4ccccc4)c3Nc3ccccc3N)cc2)cn1. The summed E-state index contributed by atoms with van der Waals surface area (Å²) < 4.78 is 66.1. The van der Waals surface area contributed by atoms with Gasteiger partial charge < -0.3 is 20.5 Å². The van der Waals surface area contributed by atoms with Gasteiger partial charge in [0.25, 0.3) is 0 Å². The first-order chi connectivity index (χ1) is 32.8. The van der Waals surface area contributed by atoms with E-state index in [1.54, 1.807) is 30.5 Å². The Morgan fingerprint density at radius 1 is 0.565 bits per heavy atom. The van der Waals surface area contributed by atoms with Crippen molar-refractivity contribution in [3.8, 4) is 62.2 Å². The van der Waals surface area contributed by atoms with Crippen LogP contribution in [-0.2, 0) is 0 Å². The molecule has 2 aromatic heterocycles.